The summed E-state index contributed by atoms with van der Waals surface area (Å²) in [6.07, 6.45) is 11.4. The van der Waals surface area contributed by atoms with E-state index in [1.807, 2.05) is 0 Å². The molecule has 0 saturated heterocycles. The predicted octanol–water partition coefficient (Wildman–Crippen LogP) is 5.39. The number of halogens is 1. The Labute approximate surface area is 181 Å². The normalized spacial score (nSPS) is 11.4. The van der Waals surface area contributed by atoms with Crippen molar-refractivity contribution in [3.05, 3.63) is 29.8 Å². The Balaban J connectivity index is 1.66. The van der Waals surface area contributed by atoms with Crippen LogP contribution < -0.4 is 10.6 Å². The molecule has 0 bridgehead atoms. The van der Waals surface area contributed by atoms with E-state index in [4.69, 9.17) is 0 Å². The average Bonchev–Trinajstić information content (AvgIpc) is 3.16. The van der Waals surface area contributed by atoms with E-state index in [1.165, 1.54) is 74.8 Å². The molecule has 0 aliphatic heterocycles. The molecule has 0 aliphatic rings. The number of carbonyl (C=O) groups excluding carboxylic acids is 1. The Morgan fingerprint density at radius 1 is 0.933 bits per heavy atom. The van der Waals surface area contributed by atoms with Gasteiger partial charge in [0.1, 0.15) is 0 Å². The number of carbonyl (C=O) groups is 1. The zero-order valence-electron chi connectivity index (χ0n) is 17.2. The molecule has 2 N–H and O–H groups in total. The van der Waals surface area contributed by atoms with E-state index >= 15 is 0 Å². The standard InChI is InChI=1S/C20H29FN4O3S2/c1-2-3-4-5-6-7-8-9-10-15-22-19-24-25-20(29-19)23-18(26)16-11-13-17(14-12-16)30(21,27)28/h11-14H,2-10,15H2,1H3,(H,22,24)(H,23,25,26). The molecule has 2 rings (SSSR count). The van der Waals surface area contributed by atoms with E-state index in [0.717, 1.165) is 25.1 Å². The molecule has 7 nitrogen and oxygen atoms in total. The van der Waals surface area contributed by atoms with E-state index in [0.29, 0.717) is 10.3 Å². The van der Waals surface area contributed by atoms with E-state index in [-0.39, 0.29) is 5.56 Å². The van der Waals surface area contributed by atoms with E-state index in [9.17, 15) is 17.1 Å². The lowest BCUT2D eigenvalue weighted by atomic mass is 10.1. The van der Waals surface area contributed by atoms with Crippen LogP contribution in [0, 0.1) is 0 Å². The minimum Gasteiger partial charge on any atom is -0.360 e. The third-order valence-corrected chi connectivity index (χ3v) is 6.23. The molecule has 0 radical (unpaired) electrons. The summed E-state index contributed by atoms with van der Waals surface area (Å²) in [4.78, 5) is 11.7. The molecule has 2 aromatic rings. The summed E-state index contributed by atoms with van der Waals surface area (Å²) in [7, 11) is -4.78. The van der Waals surface area contributed by atoms with Crippen LogP contribution in [0.2, 0.25) is 0 Å². The van der Waals surface area contributed by atoms with Gasteiger partial charge in [-0.15, -0.1) is 14.1 Å². The van der Waals surface area contributed by atoms with Crippen LogP contribution in [0.1, 0.15) is 75.1 Å². The van der Waals surface area contributed by atoms with Gasteiger partial charge in [0, 0.05) is 12.1 Å². The lowest BCUT2D eigenvalue weighted by Crippen LogP contribution is -2.11. The average molecular weight is 457 g/mol. The molecule has 0 saturated carbocycles. The van der Waals surface area contributed by atoms with E-state index in [2.05, 4.69) is 27.8 Å². The highest BCUT2D eigenvalue weighted by Crippen LogP contribution is 2.21. The van der Waals surface area contributed by atoms with Crippen LogP contribution in [0.5, 0.6) is 0 Å². The van der Waals surface area contributed by atoms with Crippen LogP contribution in [0.15, 0.2) is 29.2 Å². The lowest BCUT2D eigenvalue weighted by Gasteiger charge is -2.03. The number of rotatable bonds is 14. The molecule has 30 heavy (non-hydrogen) atoms. The maximum absolute atomic E-state index is 12.9. The molecular formula is C20H29FN4O3S2. The highest BCUT2D eigenvalue weighted by atomic mass is 32.3. The van der Waals surface area contributed by atoms with Gasteiger partial charge in [-0.05, 0) is 30.7 Å². The van der Waals surface area contributed by atoms with Crippen molar-refractivity contribution in [2.75, 3.05) is 17.2 Å². The summed E-state index contributed by atoms with van der Waals surface area (Å²) in [6, 6.07) is 4.57. The summed E-state index contributed by atoms with van der Waals surface area (Å²) >= 11 is 1.22. The number of nitrogens with one attached hydrogen (secondary N) is 2. The first-order valence-corrected chi connectivity index (χ1v) is 12.5. The molecule has 1 aromatic heterocycles. The van der Waals surface area contributed by atoms with Gasteiger partial charge in [0.05, 0.1) is 4.90 Å². The Bertz CT molecular complexity index is 886. The Hall–Kier alpha value is -2.07. The third-order valence-electron chi connectivity index (χ3n) is 4.60. The van der Waals surface area contributed by atoms with Crippen molar-refractivity contribution in [1.82, 2.24) is 10.2 Å². The van der Waals surface area contributed by atoms with Gasteiger partial charge in [-0.3, -0.25) is 10.1 Å². The van der Waals surface area contributed by atoms with Crippen molar-refractivity contribution >= 4 is 37.7 Å². The number of aromatic nitrogens is 2. The fourth-order valence-corrected chi connectivity index (χ4v) is 4.04. The Kier molecular flexibility index (Phi) is 10.2. The third kappa shape index (κ3) is 8.74. The number of amides is 1. The minimum atomic E-state index is -4.78. The maximum Gasteiger partial charge on any atom is 0.332 e. The number of hydrogen-bond donors (Lipinski definition) is 2. The first kappa shape index (κ1) is 24.2. The Morgan fingerprint density at radius 2 is 1.50 bits per heavy atom. The molecule has 0 aliphatic carbocycles. The molecule has 166 valence electrons. The summed E-state index contributed by atoms with van der Waals surface area (Å²) in [5, 5.41) is 14.7. The Morgan fingerprint density at radius 3 is 2.10 bits per heavy atom. The second-order valence-electron chi connectivity index (χ2n) is 7.08. The summed E-state index contributed by atoms with van der Waals surface area (Å²) < 4.78 is 34.5. The second kappa shape index (κ2) is 12.6. The smallest absolute Gasteiger partial charge is 0.332 e. The molecule has 0 spiro atoms. The van der Waals surface area contributed by atoms with Crippen LogP contribution in [-0.2, 0) is 10.2 Å². The first-order chi connectivity index (χ1) is 14.4. The number of benzene rings is 1. The first-order valence-electron chi connectivity index (χ1n) is 10.3. The van der Waals surface area contributed by atoms with Gasteiger partial charge in [-0.25, -0.2) is 0 Å². The molecule has 0 fully saturated rings. The molecular weight excluding hydrogens is 427 g/mol. The van der Waals surface area contributed by atoms with E-state index in [1.54, 1.807) is 0 Å². The van der Waals surface area contributed by atoms with Gasteiger partial charge in [-0.2, -0.15) is 8.42 Å². The zero-order chi connectivity index (χ0) is 21.8. The summed E-state index contributed by atoms with van der Waals surface area (Å²) in [6.45, 7) is 3.03. The van der Waals surface area contributed by atoms with Crippen LogP contribution in [-0.4, -0.2) is 31.1 Å². The fraction of sp³-hybridized carbons (Fsp3) is 0.550. The number of hydrogen-bond acceptors (Lipinski definition) is 7. The molecule has 1 aromatic carbocycles. The maximum atomic E-state index is 12.9. The van der Waals surface area contributed by atoms with Gasteiger partial charge >= 0.3 is 10.2 Å². The fourth-order valence-electron chi connectivity index (χ4n) is 2.91. The summed E-state index contributed by atoms with van der Waals surface area (Å²) in [5.74, 6) is -0.473. The van der Waals surface area contributed by atoms with Crippen LogP contribution in [0.25, 0.3) is 0 Å². The van der Waals surface area contributed by atoms with Crippen molar-refractivity contribution in [1.29, 1.82) is 0 Å². The van der Waals surface area contributed by atoms with Crippen LogP contribution in [0.4, 0.5) is 14.1 Å². The lowest BCUT2D eigenvalue weighted by molar-refractivity contribution is 0.102. The van der Waals surface area contributed by atoms with Crippen molar-refractivity contribution < 1.29 is 17.1 Å². The molecule has 10 heteroatoms. The van der Waals surface area contributed by atoms with E-state index < -0.39 is 21.0 Å². The molecule has 1 heterocycles. The largest absolute Gasteiger partial charge is 0.360 e. The molecule has 0 atom stereocenters. The topological polar surface area (TPSA) is 101 Å². The van der Waals surface area contributed by atoms with Crippen molar-refractivity contribution in [3.8, 4) is 0 Å². The van der Waals surface area contributed by atoms with Crippen molar-refractivity contribution in [3.63, 3.8) is 0 Å². The monoisotopic (exact) mass is 456 g/mol. The van der Waals surface area contributed by atoms with Gasteiger partial charge in [0.25, 0.3) is 5.91 Å². The number of anilines is 2. The highest BCUT2D eigenvalue weighted by molar-refractivity contribution is 7.86. The minimum absolute atomic E-state index is 0.196. The van der Waals surface area contributed by atoms with Crippen molar-refractivity contribution in [2.45, 2.75) is 69.6 Å². The molecule has 0 unspecified atom stereocenters. The van der Waals surface area contributed by atoms with Gasteiger partial charge in [0.15, 0.2) is 0 Å². The van der Waals surface area contributed by atoms with Gasteiger partial charge in [0.2, 0.25) is 10.3 Å². The van der Waals surface area contributed by atoms with Gasteiger partial charge in [-0.1, -0.05) is 69.6 Å². The van der Waals surface area contributed by atoms with Gasteiger partial charge < -0.3 is 5.32 Å². The number of unbranched alkanes of at least 4 members (excludes halogenated alkanes) is 8. The van der Waals surface area contributed by atoms with Crippen LogP contribution >= 0.6 is 11.3 Å². The molecule has 1 amide bonds. The zero-order valence-corrected chi connectivity index (χ0v) is 18.8. The predicted molar refractivity (Wildman–Crippen MR) is 118 cm³/mol. The van der Waals surface area contributed by atoms with Crippen molar-refractivity contribution in [2.24, 2.45) is 0 Å². The second-order valence-corrected chi connectivity index (χ2v) is 9.41. The van der Waals surface area contributed by atoms with Crippen LogP contribution in [0.3, 0.4) is 0 Å². The number of nitrogens with zero attached hydrogens (tertiary/aromatic N) is 2. The summed E-state index contributed by atoms with van der Waals surface area (Å²) in [5.41, 5.74) is 0.196. The quantitative estimate of drug-likeness (QED) is 0.292. The highest BCUT2D eigenvalue weighted by Gasteiger charge is 2.14. The SMILES string of the molecule is CCCCCCCCCCCNc1nnc(NC(=O)c2ccc(S(=O)(=O)F)cc2)s1.